The predicted octanol–water partition coefficient (Wildman–Crippen LogP) is 3.81. The van der Waals surface area contributed by atoms with Crippen LogP contribution in [-0.2, 0) is 6.42 Å². The van der Waals surface area contributed by atoms with Crippen LogP contribution in [0.1, 0.15) is 55.1 Å². The summed E-state index contributed by atoms with van der Waals surface area (Å²) in [6.07, 6.45) is 8.56. The first-order valence-corrected chi connectivity index (χ1v) is 9.22. The molecule has 0 spiro atoms. The minimum atomic E-state index is -0.0495. The predicted molar refractivity (Wildman–Crippen MR) is 98.9 cm³/mol. The Balaban J connectivity index is 1.55. The Labute approximate surface area is 148 Å². The molecule has 0 saturated heterocycles. The number of fused-ring (bicyclic) bond motifs is 1. The maximum absolute atomic E-state index is 13.1. The molecule has 4 rings (SSSR count). The number of hydrogen-bond donors (Lipinski definition) is 1. The number of para-hydroxylation sites is 1. The van der Waals surface area contributed by atoms with Crippen LogP contribution in [0.3, 0.4) is 0 Å². The molecule has 1 aromatic heterocycles. The highest BCUT2D eigenvalue weighted by Crippen LogP contribution is 2.33. The van der Waals surface area contributed by atoms with Crippen molar-refractivity contribution in [3.63, 3.8) is 0 Å². The first-order valence-electron chi connectivity index (χ1n) is 9.22. The van der Waals surface area contributed by atoms with E-state index in [1.165, 1.54) is 44.0 Å². The van der Waals surface area contributed by atoms with E-state index in [2.05, 4.69) is 28.3 Å². The second kappa shape index (κ2) is 6.82. The van der Waals surface area contributed by atoms with Crippen molar-refractivity contribution in [3.05, 3.63) is 47.9 Å². The van der Waals surface area contributed by atoms with E-state index < -0.39 is 0 Å². The van der Waals surface area contributed by atoms with Gasteiger partial charge in [-0.15, -0.1) is 0 Å². The third-order valence-corrected chi connectivity index (χ3v) is 5.27. The Morgan fingerprint density at radius 2 is 1.96 bits per heavy atom. The van der Waals surface area contributed by atoms with E-state index in [9.17, 15) is 4.79 Å². The van der Waals surface area contributed by atoms with Crippen LogP contribution in [0.5, 0.6) is 0 Å². The second-order valence-electron chi connectivity index (χ2n) is 7.12. The van der Waals surface area contributed by atoms with Gasteiger partial charge in [-0.3, -0.25) is 4.79 Å². The molecule has 1 aromatic carbocycles. The highest BCUT2D eigenvalue weighted by molar-refractivity contribution is 6.06. The van der Waals surface area contributed by atoms with Gasteiger partial charge in [-0.25, -0.2) is 9.97 Å². The quantitative estimate of drug-likeness (QED) is 0.926. The molecule has 1 N–H and O–H groups in total. The van der Waals surface area contributed by atoms with Gasteiger partial charge in [0.15, 0.2) is 0 Å². The molecular formula is C20H24N4O. The Morgan fingerprint density at radius 3 is 2.80 bits per heavy atom. The number of hydrogen-bond acceptors (Lipinski definition) is 4. The smallest absolute Gasteiger partial charge is 0.277 e. The van der Waals surface area contributed by atoms with Crippen LogP contribution in [-0.4, -0.2) is 28.0 Å². The Hall–Kier alpha value is -2.43. The number of amides is 1. The molecule has 0 radical (unpaired) electrons. The molecule has 25 heavy (non-hydrogen) atoms. The van der Waals surface area contributed by atoms with Gasteiger partial charge in [0, 0.05) is 23.8 Å². The summed E-state index contributed by atoms with van der Waals surface area (Å²) in [6, 6.07) is 10.5. The van der Waals surface area contributed by atoms with Gasteiger partial charge in [0.2, 0.25) is 0 Å². The third kappa shape index (κ3) is 3.23. The van der Waals surface area contributed by atoms with E-state index in [-0.39, 0.29) is 11.9 Å². The molecule has 1 aliphatic heterocycles. The molecule has 130 valence electrons. The lowest BCUT2D eigenvalue weighted by Crippen LogP contribution is -2.36. The number of benzene rings is 1. The first kappa shape index (κ1) is 16.1. The summed E-state index contributed by atoms with van der Waals surface area (Å²) in [5.41, 5.74) is 2.68. The topological polar surface area (TPSA) is 58.1 Å². The largest absolute Gasteiger partial charge is 0.367 e. The summed E-state index contributed by atoms with van der Waals surface area (Å²) in [4.78, 5) is 23.5. The molecule has 1 atom stereocenters. The molecule has 5 heteroatoms. The van der Waals surface area contributed by atoms with Crippen molar-refractivity contribution in [2.75, 3.05) is 10.2 Å². The normalized spacial score (nSPS) is 20.4. The first-order chi connectivity index (χ1) is 12.2. The average molecular weight is 336 g/mol. The number of nitrogens with one attached hydrogen (secondary N) is 1. The minimum absolute atomic E-state index is 0.0495. The van der Waals surface area contributed by atoms with E-state index >= 15 is 0 Å². The van der Waals surface area contributed by atoms with Crippen LogP contribution in [0, 0.1) is 0 Å². The van der Waals surface area contributed by atoms with Crippen LogP contribution < -0.4 is 10.2 Å². The van der Waals surface area contributed by atoms with Crippen molar-refractivity contribution in [1.29, 1.82) is 0 Å². The number of aromatic nitrogens is 2. The molecule has 1 unspecified atom stereocenters. The van der Waals surface area contributed by atoms with Crippen molar-refractivity contribution in [1.82, 2.24) is 9.97 Å². The second-order valence-corrected chi connectivity index (χ2v) is 7.12. The maximum atomic E-state index is 13.1. The molecule has 1 aliphatic carbocycles. The van der Waals surface area contributed by atoms with Gasteiger partial charge in [0.25, 0.3) is 5.91 Å². The lowest BCUT2D eigenvalue weighted by molar-refractivity contribution is 0.0976. The summed E-state index contributed by atoms with van der Waals surface area (Å²) in [5.74, 6) is 0.705. The molecule has 0 bridgehead atoms. The van der Waals surface area contributed by atoms with Crippen molar-refractivity contribution >= 4 is 17.4 Å². The van der Waals surface area contributed by atoms with Crippen molar-refractivity contribution < 1.29 is 4.79 Å². The fourth-order valence-electron chi connectivity index (χ4n) is 4.01. The summed E-state index contributed by atoms with van der Waals surface area (Å²) < 4.78 is 0. The number of rotatable bonds is 3. The fourth-order valence-corrected chi connectivity index (χ4v) is 4.01. The Bertz CT molecular complexity index is 770. The molecule has 1 amide bonds. The lowest BCUT2D eigenvalue weighted by atomic mass is 9.95. The number of anilines is 2. The average Bonchev–Trinajstić information content (AvgIpc) is 2.98. The minimum Gasteiger partial charge on any atom is -0.367 e. The van der Waals surface area contributed by atoms with Crippen molar-refractivity contribution in [2.45, 2.75) is 57.5 Å². The molecule has 2 aromatic rings. The van der Waals surface area contributed by atoms with Gasteiger partial charge in [-0.05, 0) is 37.8 Å². The van der Waals surface area contributed by atoms with Gasteiger partial charge in [0.05, 0.1) is 0 Å². The van der Waals surface area contributed by atoms with Crippen molar-refractivity contribution in [2.24, 2.45) is 0 Å². The zero-order chi connectivity index (χ0) is 17.2. The Morgan fingerprint density at radius 1 is 1.16 bits per heavy atom. The molecular weight excluding hydrogens is 312 g/mol. The van der Waals surface area contributed by atoms with Crippen LogP contribution in [0.25, 0.3) is 0 Å². The summed E-state index contributed by atoms with van der Waals surface area (Å²) in [6.45, 7) is 2.08. The van der Waals surface area contributed by atoms with Crippen LogP contribution >= 0.6 is 0 Å². The van der Waals surface area contributed by atoms with Gasteiger partial charge in [0.1, 0.15) is 17.8 Å². The SMILES string of the molecule is CC1Cc2ccccc2N1C(=O)c1cc(NC2CCCCC2)ncn1. The van der Waals surface area contributed by atoms with Crippen LogP contribution in [0.4, 0.5) is 11.5 Å². The summed E-state index contributed by atoms with van der Waals surface area (Å²) in [7, 11) is 0. The van der Waals surface area contributed by atoms with Gasteiger partial charge >= 0.3 is 0 Å². The molecule has 1 fully saturated rings. The zero-order valence-corrected chi connectivity index (χ0v) is 14.6. The lowest BCUT2D eigenvalue weighted by Gasteiger charge is -2.24. The highest BCUT2D eigenvalue weighted by atomic mass is 16.2. The Kier molecular flexibility index (Phi) is 4.38. The third-order valence-electron chi connectivity index (χ3n) is 5.27. The molecule has 2 heterocycles. The summed E-state index contributed by atoms with van der Waals surface area (Å²) >= 11 is 0. The highest BCUT2D eigenvalue weighted by Gasteiger charge is 2.32. The number of carbonyl (C=O) groups is 1. The van der Waals surface area contributed by atoms with Gasteiger partial charge in [-0.1, -0.05) is 37.5 Å². The van der Waals surface area contributed by atoms with Gasteiger partial charge in [-0.2, -0.15) is 0 Å². The van der Waals surface area contributed by atoms with Gasteiger partial charge < -0.3 is 10.2 Å². The maximum Gasteiger partial charge on any atom is 0.277 e. The van der Waals surface area contributed by atoms with E-state index in [1.54, 1.807) is 6.07 Å². The number of nitrogens with zero attached hydrogens (tertiary/aromatic N) is 3. The molecule has 5 nitrogen and oxygen atoms in total. The fraction of sp³-hybridized carbons (Fsp3) is 0.450. The molecule has 1 saturated carbocycles. The zero-order valence-electron chi connectivity index (χ0n) is 14.6. The standard InChI is InChI=1S/C20H24N4O/c1-14-11-15-7-5-6-10-18(15)24(14)20(25)17-12-19(22-13-21-17)23-16-8-3-2-4-9-16/h5-7,10,12-14,16H,2-4,8-9,11H2,1H3,(H,21,22,23). The van der Waals surface area contributed by atoms with Crippen LogP contribution in [0.15, 0.2) is 36.7 Å². The van der Waals surface area contributed by atoms with E-state index in [4.69, 9.17) is 0 Å². The number of carbonyl (C=O) groups excluding carboxylic acids is 1. The molecule has 2 aliphatic rings. The summed E-state index contributed by atoms with van der Waals surface area (Å²) in [5, 5.41) is 3.48. The van der Waals surface area contributed by atoms with E-state index in [0.717, 1.165) is 17.9 Å². The van der Waals surface area contributed by atoms with Crippen LogP contribution in [0.2, 0.25) is 0 Å². The van der Waals surface area contributed by atoms with E-state index in [0.29, 0.717) is 11.7 Å². The van der Waals surface area contributed by atoms with Crippen molar-refractivity contribution in [3.8, 4) is 0 Å². The monoisotopic (exact) mass is 336 g/mol. The van der Waals surface area contributed by atoms with E-state index in [1.807, 2.05) is 23.1 Å².